The Balaban J connectivity index is 1.45. The summed E-state index contributed by atoms with van der Waals surface area (Å²) >= 11 is 0. The molecule has 6 heteroatoms. The number of benzene rings is 2. The van der Waals surface area contributed by atoms with Crippen LogP contribution in [0.4, 0.5) is 0 Å². The topological polar surface area (TPSA) is 64.7 Å². The van der Waals surface area contributed by atoms with Gasteiger partial charge in [-0.1, -0.05) is 48.0 Å². The maximum Gasteiger partial charge on any atom is 0.254 e. The van der Waals surface area contributed by atoms with E-state index in [9.17, 15) is 4.79 Å². The molecule has 0 aliphatic heterocycles. The lowest BCUT2D eigenvalue weighted by molar-refractivity contribution is 0.0939. The van der Waals surface area contributed by atoms with Crippen molar-refractivity contribution in [1.82, 2.24) is 24.9 Å². The number of carbonyl (C=O) groups excluding carboxylic acids is 1. The Morgan fingerprint density at radius 1 is 1.00 bits per heavy atom. The highest BCUT2D eigenvalue weighted by Gasteiger charge is 2.18. The first kappa shape index (κ1) is 19.6. The fraction of sp³-hybridized carbons (Fsp3) is 0.208. The number of aryl methyl sites for hydroxylation is 1. The van der Waals surface area contributed by atoms with Gasteiger partial charge >= 0.3 is 0 Å². The number of nitrogens with one attached hydrogen (secondary N) is 1. The summed E-state index contributed by atoms with van der Waals surface area (Å²) in [4.78, 5) is 12.7. The van der Waals surface area contributed by atoms with E-state index in [-0.39, 0.29) is 11.9 Å². The highest BCUT2D eigenvalue weighted by Crippen LogP contribution is 2.21. The molecule has 1 N–H and O–H groups in total. The summed E-state index contributed by atoms with van der Waals surface area (Å²) in [5, 5.41) is 11.9. The van der Waals surface area contributed by atoms with E-state index in [1.165, 1.54) is 5.56 Å². The molecule has 0 aliphatic carbocycles. The minimum Gasteiger partial charge on any atom is -0.345 e. The molecule has 0 unspecified atom stereocenters. The van der Waals surface area contributed by atoms with Crippen molar-refractivity contribution in [2.24, 2.45) is 0 Å². The number of carbonyl (C=O) groups is 1. The lowest BCUT2D eigenvalue weighted by atomic mass is 10.1. The second-order valence-electron chi connectivity index (χ2n) is 7.54. The molecule has 0 bridgehead atoms. The third kappa shape index (κ3) is 4.17. The van der Waals surface area contributed by atoms with E-state index in [0.29, 0.717) is 12.1 Å². The van der Waals surface area contributed by atoms with Crippen molar-refractivity contribution < 1.29 is 4.79 Å². The molecule has 152 valence electrons. The Hall–Kier alpha value is -3.67. The van der Waals surface area contributed by atoms with Crippen LogP contribution < -0.4 is 5.32 Å². The van der Waals surface area contributed by atoms with Crippen molar-refractivity contribution in [2.75, 3.05) is 0 Å². The van der Waals surface area contributed by atoms with Crippen molar-refractivity contribution in [3.63, 3.8) is 0 Å². The number of hydrogen-bond acceptors (Lipinski definition) is 3. The second-order valence-corrected chi connectivity index (χ2v) is 7.54. The van der Waals surface area contributed by atoms with Crippen LogP contribution in [-0.2, 0) is 6.54 Å². The van der Waals surface area contributed by atoms with Crippen LogP contribution in [0.1, 0.15) is 45.7 Å². The van der Waals surface area contributed by atoms with Gasteiger partial charge in [0.15, 0.2) is 0 Å². The molecule has 1 atom stereocenters. The van der Waals surface area contributed by atoms with Crippen molar-refractivity contribution in [2.45, 2.75) is 33.4 Å². The smallest absolute Gasteiger partial charge is 0.254 e. The summed E-state index contributed by atoms with van der Waals surface area (Å²) in [5.41, 5.74) is 5.88. The summed E-state index contributed by atoms with van der Waals surface area (Å²) in [6.07, 6.45) is 5.20. The lowest BCUT2D eigenvalue weighted by Gasteiger charge is -2.13. The summed E-state index contributed by atoms with van der Waals surface area (Å²) in [5.74, 6) is -0.149. The van der Waals surface area contributed by atoms with Gasteiger partial charge < -0.3 is 5.32 Å². The highest BCUT2D eigenvalue weighted by atomic mass is 16.1. The monoisotopic (exact) mass is 399 g/mol. The Morgan fingerprint density at radius 2 is 1.73 bits per heavy atom. The fourth-order valence-corrected chi connectivity index (χ4v) is 3.49. The van der Waals surface area contributed by atoms with Crippen LogP contribution in [0.3, 0.4) is 0 Å². The quantitative estimate of drug-likeness (QED) is 0.528. The molecule has 0 saturated heterocycles. The van der Waals surface area contributed by atoms with Crippen LogP contribution in [0.15, 0.2) is 73.2 Å². The highest BCUT2D eigenvalue weighted by molar-refractivity contribution is 5.93. The van der Waals surface area contributed by atoms with Gasteiger partial charge in [-0.2, -0.15) is 10.2 Å². The van der Waals surface area contributed by atoms with Gasteiger partial charge in [-0.3, -0.25) is 9.48 Å². The molecule has 0 spiro atoms. The Morgan fingerprint density at radius 3 is 2.47 bits per heavy atom. The van der Waals surface area contributed by atoms with E-state index >= 15 is 0 Å². The summed E-state index contributed by atoms with van der Waals surface area (Å²) in [7, 11) is 0. The number of aromatic nitrogens is 4. The fourth-order valence-electron chi connectivity index (χ4n) is 3.49. The molecule has 0 saturated carbocycles. The maximum atomic E-state index is 12.7. The summed E-state index contributed by atoms with van der Waals surface area (Å²) in [6, 6.07) is 18.1. The van der Waals surface area contributed by atoms with Gasteiger partial charge in [0.25, 0.3) is 5.91 Å². The first-order valence-electron chi connectivity index (χ1n) is 10.00. The van der Waals surface area contributed by atoms with Crippen LogP contribution >= 0.6 is 0 Å². The van der Waals surface area contributed by atoms with E-state index in [0.717, 1.165) is 22.5 Å². The Labute approximate surface area is 176 Å². The van der Waals surface area contributed by atoms with Crippen molar-refractivity contribution in [3.8, 4) is 5.69 Å². The summed E-state index contributed by atoms with van der Waals surface area (Å²) < 4.78 is 3.67. The van der Waals surface area contributed by atoms with E-state index in [4.69, 9.17) is 0 Å². The zero-order valence-electron chi connectivity index (χ0n) is 17.4. The van der Waals surface area contributed by atoms with E-state index in [2.05, 4.69) is 34.6 Å². The molecule has 6 nitrogen and oxygen atoms in total. The predicted molar refractivity (Wildman–Crippen MR) is 117 cm³/mol. The molecule has 4 aromatic rings. The second kappa shape index (κ2) is 8.37. The molecule has 30 heavy (non-hydrogen) atoms. The van der Waals surface area contributed by atoms with Crippen LogP contribution in [-0.4, -0.2) is 25.5 Å². The molecule has 2 heterocycles. The first-order chi connectivity index (χ1) is 14.5. The average Bonchev–Trinajstić information content (AvgIpc) is 3.36. The predicted octanol–water partition coefficient (Wildman–Crippen LogP) is 4.22. The normalized spacial score (nSPS) is 12.0. The van der Waals surface area contributed by atoms with Gasteiger partial charge in [-0.25, -0.2) is 4.68 Å². The number of nitrogens with zero attached hydrogens (tertiary/aromatic N) is 4. The minimum absolute atomic E-state index is 0.149. The zero-order valence-corrected chi connectivity index (χ0v) is 17.4. The van der Waals surface area contributed by atoms with E-state index in [1.807, 2.05) is 67.2 Å². The third-order valence-corrected chi connectivity index (χ3v) is 5.22. The van der Waals surface area contributed by atoms with Gasteiger partial charge in [0, 0.05) is 17.5 Å². The van der Waals surface area contributed by atoms with Gasteiger partial charge in [-0.05, 0) is 38.5 Å². The van der Waals surface area contributed by atoms with Crippen LogP contribution in [0.5, 0.6) is 0 Å². The number of amides is 1. The molecule has 1 amide bonds. The Bertz CT molecular complexity index is 1140. The van der Waals surface area contributed by atoms with E-state index in [1.54, 1.807) is 17.1 Å². The number of rotatable bonds is 6. The molecule has 0 fully saturated rings. The van der Waals surface area contributed by atoms with Crippen molar-refractivity contribution >= 4 is 5.91 Å². The van der Waals surface area contributed by atoms with Crippen LogP contribution in [0.2, 0.25) is 0 Å². The third-order valence-electron chi connectivity index (χ3n) is 5.22. The van der Waals surface area contributed by atoms with Gasteiger partial charge in [0.05, 0.1) is 36.2 Å². The number of hydrogen-bond donors (Lipinski definition) is 1. The molecule has 4 rings (SSSR count). The molecular weight excluding hydrogens is 374 g/mol. The Kier molecular flexibility index (Phi) is 5.48. The van der Waals surface area contributed by atoms with Gasteiger partial charge in [0.2, 0.25) is 0 Å². The largest absolute Gasteiger partial charge is 0.345 e. The van der Waals surface area contributed by atoms with Crippen molar-refractivity contribution in [3.05, 3.63) is 101 Å². The molecule has 0 radical (unpaired) electrons. The SMILES string of the molecule is Cc1ccc(-n2ncc([C@H](C)NC(=O)c3cnn(Cc4ccccc4)c3)c2C)cc1. The minimum atomic E-state index is -0.172. The zero-order chi connectivity index (χ0) is 21.1. The molecule has 2 aromatic carbocycles. The average molecular weight is 399 g/mol. The van der Waals surface area contributed by atoms with E-state index < -0.39 is 0 Å². The summed E-state index contributed by atoms with van der Waals surface area (Å²) in [6.45, 7) is 6.68. The van der Waals surface area contributed by atoms with Crippen LogP contribution in [0, 0.1) is 13.8 Å². The standard InChI is InChI=1S/C24H25N5O/c1-17-9-11-22(12-10-17)29-19(3)23(14-26-29)18(2)27-24(30)21-13-25-28(16-21)15-20-7-5-4-6-8-20/h4-14,16,18H,15H2,1-3H3,(H,27,30)/t18-/m0/s1. The molecule has 2 aromatic heterocycles. The maximum absolute atomic E-state index is 12.7. The first-order valence-corrected chi connectivity index (χ1v) is 10.00. The molecule has 0 aliphatic rings. The van der Waals surface area contributed by atoms with Crippen LogP contribution in [0.25, 0.3) is 5.69 Å². The van der Waals surface area contributed by atoms with Gasteiger partial charge in [0.1, 0.15) is 0 Å². The van der Waals surface area contributed by atoms with Crippen molar-refractivity contribution in [1.29, 1.82) is 0 Å². The molecular formula is C24H25N5O. The lowest BCUT2D eigenvalue weighted by Crippen LogP contribution is -2.26. The van der Waals surface area contributed by atoms with Gasteiger partial charge in [-0.15, -0.1) is 0 Å².